The molecular formula is C14H22N2O2S. The molecule has 1 fully saturated rings. The number of carboxylic acid groups (broad SMARTS) is 1. The van der Waals surface area contributed by atoms with Gasteiger partial charge in [0.25, 0.3) is 0 Å². The summed E-state index contributed by atoms with van der Waals surface area (Å²) in [7, 11) is 0. The van der Waals surface area contributed by atoms with Crippen LogP contribution < -0.4 is 5.73 Å². The summed E-state index contributed by atoms with van der Waals surface area (Å²) in [4.78, 5) is 15.6. The van der Waals surface area contributed by atoms with Crippen molar-refractivity contribution < 1.29 is 9.90 Å². The molecular weight excluding hydrogens is 260 g/mol. The molecule has 0 spiro atoms. The lowest BCUT2D eigenvalue weighted by Gasteiger charge is -2.18. The molecule has 1 saturated heterocycles. The van der Waals surface area contributed by atoms with Crippen LogP contribution in [0.5, 0.6) is 0 Å². The highest BCUT2D eigenvalue weighted by Crippen LogP contribution is 2.21. The number of rotatable bonds is 5. The van der Waals surface area contributed by atoms with Crippen LogP contribution in [0.1, 0.15) is 35.4 Å². The Morgan fingerprint density at radius 3 is 2.53 bits per heavy atom. The number of thiophene rings is 1. The van der Waals surface area contributed by atoms with Gasteiger partial charge in [-0.05, 0) is 38.1 Å². The van der Waals surface area contributed by atoms with Crippen LogP contribution in [0.15, 0.2) is 12.1 Å². The minimum absolute atomic E-state index is 0.431. The van der Waals surface area contributed by atoms with Crippen molar-refractivity contribution in [3.8, 4) is 0 Å². The standard InChI is InChI=1S/C14H22N2O2S/c15-13(14(17)18)9-11-5-6-12(19-11)10-16-7-3-1-2-4-8-16/h5-6,13H,1-4,7-10,15H2,(H,17,18). The summed E-state index contributed by atoms with van der Waals surface area (Å²) in [6.07, 6.45) is 5.71. The number of nitrogens with two attached hydrogens (primary N) is 1. The smallest absolute Gasteiger partial charge is 0.320 e. The Kier molecular flexibility index (Phi) is 5.36. The van der Waals surface area contributed by atoms with Crippen LogP contribution in [-0.4, -0.2) is 35.1 Å². The van der Waals surface area contributed by atoms with E-state index in [0.717, 1.165) is 11.4 Å². The Balaban J connectivity index is 1.87. The average molecular weight is 282 g/mol. The van der Waals surface area contributed by atoms with Crippen molar-refractivity contribution in [2.45, 2.75) is 44.7 Å². The first-order valence-corrected chi connectivity index (χ1v) is 7.75. The fourth-order valence-corrected chi connectivity index (χ4v) is 3.55. The second-order valence-corrected chi connectivity index (χ2v) is 6.46. The van der Waals surface area contributed by atoms with Crippen molar-refractivity contribution in [2.75, 3.05) is 13.1 Å². The summed E-state index contributed by atoms with van der Waals surface area (Å²) in [6.45, 7) is 3.36. The van der Waals surface area contributed by atoms with E-state index in [1.807, 2.05) is 6.07 Å². The molecule has 4 nitrogen and oxygen atoms in total. The maximum Gasteiger partial charge on any atom is 0.320 e. The second-order valence-electron chi connectivity index (χ2n) is 5.21. The monoisotopic (exact) mass is 282 g/mol. The lowest BCUT2D eigenvalue weighted by atomic mass is 10.2. The Morgan fingerprint density at radius 2 is 1.89 bits per heavy atom. The van der Waals surface area contributed by atoms with E-state index in [9.17, 15) is 4.79 Å². The summed E-state index contributed by atoms with van der Waals surface area (Å²) in [5.74, 6) is -0.928. The summed E-state index contributed by atoms with van der Waals surface area (Å²) in [5, 5.41) is 8.81. The van der Waals surface area contributed by atoms with E-state index in [1.54, 1.807) is 11.3 Å². The van der Waals surface area contributed by atoms with Crippen LogP contribution in [0.2, 0.25) is 0 Å². The number of aliphatic carboxylic acids is 1. The molecule has 2 heterocycles. The molecule has 5 heteroatoms. The van der Waals surface area contributed by atoms with Crippen molar-refractivity contribution in [3.05, 3.63) is 21.9 Å². The Labute approximate surface area is 118 Å². The number of likely N-dealkylation sites (tertiary alicyclic amines) is 1. The van der Waals surface area contributed by atoms with Crippen molar-refractivity contribution >= 4 is 17.3 Å². The maximum absolute atomic E-state index is 10.7. The molecule has 106 valence electrons. The van der Waals surface area contributed by atoms with Gasteiger partial charge in [0, 0.05) is 22.7 Å². The third-order valence-corrected chi connectivity index (χ3v) is 4.63. The normalized spacial score (nSPS) is 19.0. The first-order chi connectivity index (χ1) is 9.15. The third kappa shape index (κ3) is 4.60. The van der Waals surface area contributed by atoms with E-state index in [4.69, 9.17) is 10.8 Å². The van der Waals surface area contributed by atoms with Gasteiger partial charge in [-0.15, -0.1) is 11.3 Å². The zero-order valence-electron chi connectivity index (χ0n) is 11.2. The van der Waals surface area contributed by atoms with Gasteiger partial charge in [0.05, 0.1) is 0 Å². The van der Waals surface area contributed by atoms with E-state index in [0.29, 0.717) is 6.42 Å². The summed E-state index contributed by atoms with van der Waals surface area (Å²) in [5.41, 5.74) is 5.56. The molecule has 0 saturated carbocycles. The molecule has 1 unspecified atom stereocenters. The minimum atomic E-state index is -0.928. The number of nitrogens with zero attached hydrogens (tertiary/aromatic N) is 1. The lowest BCUT2D eigenvalue weighted by Crippen LogP contribution is -2.31. The Morgan fingerprint density at radius 1 is 1.26 bits per heavy atom. The highest BCUT2D eigenvalue weighted by atomic mass is 32.1. The zero-order valence-corrected chi connectivity index (χ0v) is 12.0. The molecule has 0 aromatic carbocycles. The molecule has 0 radical (unpaired) electrons. The number of carbonyl (C=O) groups is 1. The first-order valence-electron chi connectivity index (χ1n) is 6.93. The Bertz CT molecular complexity index is 411. The summed E-state index contributed by atoms with van der Waals surface area (Å²) >= 11 is 1.69. The molecule has 3 N–H and O–H groups in total. The van der Waals surface area contributed by atoms with E-state index in [1.165, 1.54) is 43.6 Å². The molecule has 1 aromatic heterocycles. The fraction of sp³-hybridized carbons (Fsp3) is 0.643. The second kappa shape index (κ2) is 7.03. The third-order valence-electron chi connectivity index (χ3n) is 3.53. The van der Waals surface area contributed by atoms with Crippen LogP contribution >= 0.6 is 11.3 Å². The van der Waals surface area contributed by atoms with Gasteiger partial charge >= 0.3 is 5.97 Å². The Hall–Kier alpha value is -0.910. The van der Waals surface area contributed by atoms with Crippen molar-refractivity contribution in [1.29, 1.82) is 0 Å². The highest BCUT2D eigenvalue weighted by molar-refractivity contribution is 7.12. The zero-order chi connectivity index (χ0) is 13.7. The molecule has 1 atom stereocenters. The summed E-state index contributed by atoms with van der Waals surface area (Å²) < 4.78 is 0. The van der Waals surface area contributed by atoms with Crippen molar-refractivity contribution in [1.82, 2.24) is 4.90 Å². The van der Waals surface area contributed by atoms with Gasteiger partial charge in [-0.2, -0.15) is 0 Å². The van der Waals surface area contributed by atoms with Gasteiger partial charge in [-0.1, -0.05) is 12.8 Å². The number of hydrogen-bond acceptors (Lipinski definition) is 4. The molecule has 0 amide bonds. The molecule has 1 aliphatic rings. The predicted octanol–water partition coefficient (Wildman–Crippen LogP) is 2.08. The molecule has 19 heavy (non-hydrogen) atoms. The SMILES string of the molecule is NC(Cc1ccc(CN2CCCCCC2)s1)C(=O)O. The van der Waals surface area contributed by atoms with Crippen LogP contribution in [0.25, 0.3) is 0 Å². The quantitative estimate of drug-likeness (QED) is 0.867. The largest absolute Gasteiger partial charge is 0.480 e. The van der Waals surface area contributed by atoms with Gasteiger partial charge in [0.1, 0.15) is 6.04 Å². The highest BCUT2D eigenvalue weighted by Gasteiger charge is 2.15. The van der Waals surface area contributed by atoms with Gasteiger partial charge in [0.15, 0.2) is 0 Å². The lowest BCUT2D eigenvalue weighted by molar-refractivity contribution is -0.138. The van der Waals surface area contributed by atoms with Gasteiger partial charge in [-0.3, -0.25) is 9.69 Å². The average Bonchev–Trinajstić information content (AvgIpc) is 2.64. The molecule has 1 aromatic rings. The van der Waals surface area contributed by atoms with E-state index in [2.05, 4.69) is 11.0 Å². The summed E-state index contributed by atoms with van der Waals surface area (Å²) in [6, 6.07) is 3.34. The number of carboxylic acids is 1. The molecule has 0 bridgehead atoms. The topological polar surface area (TPSA) is 66.6 Å². The fourth-order valence-electron chi connectivity index (χ4n) is 2.44. The van der Waals surface area contributed by atoms with Gasteiger partial charge < -0.3 is 10.8 Å². The van der Waals surface area contributed by atoms with Crippen molar-refractivity contribution in [3.63, 3.8) is 0 Å². The van der Waals surface area contributed by atoms with Crippen LogP contribution in [0, 0.1) is 0 Å². The number of hydrogen-bond donors (Lipinski definition) is 2. The van der Waals surface area contributed by atoms with E-state index >= 15 is 0 Å². The van der Waals surface area contributed by atoms with Crippen LogP contribution in [0.3, 0.4) is 0 Å². The van der Waals surface area contributed by atoms with Gasteiger partial charge in [-0.25, -0.2) is 0 Å². The minimum Gasteiger partial charge on any atom is -0.480 e. The predicted molar refractivity (Wildman–Crippen MR) is 77.4 cm³/mol. The molecule has 0 aliphatic carbocycles. The van der Waals surface area contributed by atoms with Crippen LogP contribution in [0.4, 0.5) is 0 Å². The molecule has 2 rings (SSSR count). The first kappa shape index (κ1) is 14.5. The van der Waals surface area contributed by atoms with Crippen LogP contribution in [-0.2, 0) is 17.8 Å². The molecule has 1 aliphatic heterocycles. The van der Waals surface area contributed by atoms with E-state index in [-0.39, 0.29) is 0 Å². The van der Waals surface area contributed by atoms with Gasteiger partial charge in [0.2, 0.25) is 0 Å². The maximum atomic E-state index is 10.7. The van der Waals surface area contributed by atoms with E-state index < -0.39 is 12.0 Å². The van der Waals surface area contributed by atoms with Crippen molar-refractivity contribution in [2.24, 2.45) is 5.73 Å².